The summed E-state index contributed by atoms with van der Waals surface area (Å²) in [5.74, 6) is 0.0701. The zero-order valence-electron chi connectivity index (χ0n) is 12.3. The molecule has 0 bridgehead atoms. The average Bonchev–Trinajstić information content (AvgIpc) is 2.98. The van der Waals surface area contributed by atoms with Gasteiger partial charge in [0.2, 0.25) is 0 Å². The molecule has 122 valence electrons. The summed E-state index contributed by atoms with van der Waals surface area (Å²) in [6.45, 7) is 1.94. The first-order valence-corrected chi connectivity index (χ1v) is 8.55. The predicted molar refractivity (Wildman–Crippen MR) is 89.4 cm³/mol. The van der Waals surface area contributed by atoms with E-state index in [0.29, 0.717) is 17.1 Å². The van der Waals surface area contributed by atoms with Gasteiger partial charge in [-0.05, 0) is 50.9 Å². The molecule has 0 amide bonds. The highest BCUT2D eigenvalue weighted by atomic mass is 79.9. The van der Waals surface area contributed by atoms with Crippen LogP contribution in [0.15, 0.2) is 37.3 Å². The van der Waals surface area contributed by atoms with Gasteiger partial charge in [0.1, 0.15) is 11.6 Å². The number of thioether (sulfide) groups is 1. The number of amidine groups is 1. The molecule has 0 saturated carbocycles. The number of benzene rings is 1. The lowest BCUT2D eigenvalue weighted by Crippen LogP contribution is -2.14. The van der Waals surface area contributed by atoms with Crippen molar-refractivity contribution < 1.29 is 13.8 Å². The van der Waals surface area contributed by atoms with Crippen molar-refractivity contribution in [1.29, 1.82) is 0 Å². The maximum absolute atomic E-state index is 13.2. The Labute approximate surface area is 144 Å². The quantitative estimate of drug-likeness (QED) is 0.434. The molecule has 0 saturated heterocycles. The van der Waals surface area contributed by atoms with Crippen LogP contribution in [0.5, 0.6) is 0 Å². The zero-order chi connectivity index (χ0) is 16.8. The highest BCUT2D eigenvalue weighted by molar-refractivity contribution is 9.10. The maximum atomic E-state index is 13.2. The summed E-state index contributed by atoms with van der Waals surface area (Å²) >= 11 is 4.28. The van der Waals surface area contributed by atoms with Crippen molar-refractivity contribution in [2.75, 3.05) is 5.75 Å². The molecule has 0 atom stereocenters. The Morgan fingerprint density at radius 1 is 1.48 bits per heavy atom. The molecule has 2 N–H and O–H groups in total. The van der Waals surface area contributed by atoms with E-state index in [1.165, 1.54) is 30.0 Å². The standard InChI is InChI=1S/C14H14BrFN4O2S/c1-2-3-9(21)7-23-14-12(19-22-20-14)13(17)18-8-4-5-11(16)10(15)6-8/h4-6H,2-3,7H2,1H3,(H2,17,18). The topological polar surface area (TPSA) is 94.4 Å². The van der Waals surface area contributed by atoms with Crippen LogP contribution < -0.4 is 5.73 Å². The van der Waals surface area contributed by atoms with Crippen LogP contribution in [0.3, 0.4) is 0 Å². The fourth-order valence-electron chi connectivity index (χ4n) is 1.68. The Morgan fingerprint density at radius 2 is 2.26 bits per heavy atom. The molecule has 1 aromatic heterocycles. The van der Waals surface area contributed by atoms with Gasteiger partial charge in [-0.25, -0.2) is 14.0 Å². The fraction of sp³-hybridized carbons (Fsp3) is 0.286. The number of hydrogen-bond acceptors (Lipinski definition) is 6. The lowest BCUT2D eigenvalue weighted by Gasteiger charge is -2.01. The largest absolute Gasteiger partial charge is 0.382 e. The third-order valence-corrected chi connectivity index (χ3v) is 4.37. The van der Waals surface area contributed by atoms with Crippen LogP contribution in [0.1, 0.15) is 25.5 Å². The summed E-state index contributed by atoms with van der Waals surface area (Å²) in [7, 11) is 0. The van der Waals surface area contributed by atoms with E-state index in [2.05, 4.69) is 35.9 Å². The number of Topliss-reactive ketones (excluding diaryl/α,β-unsaturated/α-hetero) is 1. The van der Waals surface area contributed by atoms with E-state index in [1.807, 2.05) is 6.92 Å². The minimum atomic E-state index is -0.392. The summed E-state index contributed by atoms with van der Waals surface area (Å²) < 4.78 is 18.2. The van der Waals surface area contributed by atoms with Gasteiger partial charge in [0.25, 0.3) is 0 Å². The van der Waals surface area contributed by atoms with Crippen molar-refractivity contribution in [1.82, 2.24) is 10.3 Å². The first-order chi connectivity index (χ1) is 11.0. The fourth-order valence-corrected chi connectivity index (χ4v) is 2.85. The molecule has 6 nitrogen and oxygen atoms in total. The molecule has 0 radical (unpaired) electrons. The number of aromatic nitrogens is 2. The number of nitrogens with two attached hydrogens (primary N) is 1. The SMILES string of the molecule is CCCC(=O)CSc1nonc1C(N)=Nc1ccc(F)c(Br)c1. The van der Waals surface area contributed by atoms with Crippen LogP contribution in [-0.4, -0.2) is 27.7 Å². The van der Waals surface area contributed by atoms with Crippen molar-refractivity contribution in [3.63, 3.8) is 0 Å². The predicted octanol–water partition coefficient (Wildman–Crippen LogP) is 3.47. The highest BCUT2D eigenvalue weighted by Crippen LogP contribution is 2.24. The van der Waals surface area contributed by atoms with Gasteiger partial charge < -0.3 is 5.73 Å². The van der Waals surface area contributed by atoms with Crippen molar-refractivity contribution >= 4 is 45.0 Å². The van der Waals surface area contributed by atoms with Crippen molar-refractivity contribution in [3.05, 3.63) is 34.2 Å². The summed E-state index contributed by atoms with van der Waals surface area (Å²) in [6, 6.07) is 4.25. The lowest BCUT2D eigenvalue weighted by atomic mass is 10.3. The Morgan fingerprint density at radius 3 is 2.96 bits per heavy atom. The molecule has 1 aromatic carbocycles. The van der Waals surface area contributed by atoms with Gasteiger partial charge in [0.15, 0.2) is 16.6 Å². The molecular weight excluding hydrogens is 387 g/mol. The summed E-state index contributed by atoms with van der Waals surface area (Å²) in [5.41, 5.74) is 6.62. The summed E-state index contributed by atoms with van der Waals surface area (Å²) in [5, 5.41) is 7.85. The molecule has 0 aliphatic rings. The smallest absolute Gasteiger partial charge is 0.183 e. The van der Waals surface area contributed by atoms with Crippen molar-refractivity contribution in [2.24, 2.45) is 10.7 Å². The average molecular weight is 401 g/mol. The third-order valence-electron chi connectivity index (χ3n) is 2.75. The second-order valence-corrected chi connectivity index (χ2v) is 6.41. The number of halogens is 2. The molecule has 2 aromatic rings. The van der Waals surface area contributed by atoms with E-state index in [0.717, 1.165) is 6.42 Å². The zero-order valence-corrected chi connectivity index (χ0v) is 14.7. The Balaban J connectivity index is 2.15. The molecule has 23 heavy (non-hydrogen) atoms. The van der Waals surface area contributed by atoms with E-state index < -0.39 is 5.82 Å². The molecule has 0 fully saturated rings. The van der Waals surface area contributed by atoms with E-state index in [1.54, 1.807) is 0 Å². The Hall–Kier alpha value is -1.74. The minimum absolute atomic E-state index is 0.0789. The Bertz CT molecular complexity index is 735. The van der Waals surface area contributed by atoms with Gasteiger partial charge >= 0.3 is 0 Å². The first kappa shape index (κ1) is 17.6. The van der Waals surface area contributed by atoms with Crippen LogP contribution in [0, 0.1) is 5.82 Å². The van der Waals surface area contributed by atoms with Gasteiger partial charge in [-0.15, -0.1) is 0 Å². The van der Waals surface area contributed by atoms with E-state index in [-0.39, 0.29) is 27.5 Å². The number of aliphatic imine (C=N–C) groups is 1. The molecule has 1 heterocycles. The number of nitrogens with zero attached hydrogens (tertiary/aromatic N) is 3. The molecule has 0 spiro atoms. The van der Waals surface area contributed by atoms with Crippen LogP contribution in [0.25, 0.3) is 0 Å². The minimum Gasteiger partial charge on any atom is -0.382 e. The second kappa shape index (κ2) is 8.21. The molecule has 9 heteroatoms. The van der Waals surface area contributed by atoms with Gasteiger partial charge in [-0.2, -0.15) is 0 Å². The molecule has 0 unspecified atom stereocenters. The van der Waals surface area contributed by atoms with E-state index >= 15 is 0 Å². The van der Waals surface area contributed by atoms with Gasteiger partial charge in [0.05, 0.1) is 15.9 Å². The number of ketones is 1. The Kier molecular flexibility index (Phi) is 6.28. The van der Waals surface area contributed by atoms with E-state index in [4.69, 9.17) is 5.73 Å². The van der Waals surface area contributed by atoms with Crippen LogP contribution in [-0.2, 0) is 4.79 Å². The van der Waals surface area contributed by atoms with Crippen LogP contribution in [0.4, 0.5) is 10.1 Å². The van der Waals surface area contributed by atoms with Gasteiger partial charge in [0, 0.05) is 6.42 Å². The molecular formula is C14H14BrFN4O2S. The van der Waals surface area contributed by atoms with Crippen LogP contribution in [0.2, 0.25) is 0 Å². The monoisotopic (exact) mass is 400 g/mol. The number of carbonyl (C=O) groups excluding carboxylic acids is 1. The van der Waals surface area contributed by atoms with Crippen LogP contribution >= 0.6 is 27.7 Å². The lowest BCUT2D eigenvalue weighted by molar-refractivity contribution is -0.116. The van der Waals surface area contributed by atoms with Crippen molar-refractivity contribution in [2.45, 2.75) is 24.8 Å². The van der Waals surface area contributed by atoms with Crippen molar-refractivity contribution in [3.8, 4) is 0 Å². The summed E-state index contributed by atoms with van der Waals surface area (Å²) in [4.78, 5) is 15.7. The first-order valence-electron chi connectivity index (χ1n) is 6.78. The summed E-state index contributed by atoms with van der Waals surface area (Å²) in [6.07, 6.45) is 1.31. The number of rotatable bonds is 7. The van der Waals surface area contributed by atoms with Gasteiger partial charge in [-0.3, -0.25) is 4.79 Å². The molecule has 0 aliphatic carbocycles. The maximum Gasteiger partial charge on any atom is 0.183 e. The third kappa shape index (κ3) is 4.87. The van der Waals surface area contributed by atoms with Gasteiger partial charge in [-0.1, -0.05) is 18.7 Å². The second-order valence-electron chi connectivity index (χ2n) is 4.59. The molecule has 2 rings (SSSR count). The number of carbonyl (C=O) groups is 1. The number of hydrogen-bond donors (Lipinski definition) is 1. The van der Waals surface area contributed by atoms with E-state index in [9.17, 15) is 9.18 Å². The highest BCUT2D eigenvalue weighted by Gasteiger charge is 2.16. The molecule has 0 aliphatic heterocycles. The normalized spacial score (nSPS) is 11.7.